The average molecular weight is 363 g/mol. The number of halogens is 4. The van der Waals surface area contributed by atoms with Crippen LogP contribution in [0.2, 0.25) is 5.02 Å². The van der Waals surface area contributed by atoms with Gasteiger partial charge in [0.2, 0.25) is 0 Å². The number of hydrogen-bond donors (Lipinski definition) is 2. The van der Waals surface area contributed by atoms with Gasteiger partial charge in [-0.15, -0.1) is 0 Å². The second kappa shape index (κ2) is 6.52. The zero-order valence-electron chi connectivity index (χ0n) is 10.2. The van der Waals surface area contributed by atoms with E-state index in [9.17, 15) is 13.9 Å². The standard InChI is InChI=1S/C14H11BrClF2NO/c15-8-5-11(17)14(12(18)6-8)19-7-13(20)9-3-1-2-4-10(9)16/h1-6,13,19-20H,7H2. The predicted octanol–water partition coefficient (Wildman–Crippen LogP) is 4.53. The maximum absolute atomic E-state index is 13.6. The molecule has 106 valence electrons. The van der Waals surface area contributed by atoms with Crippen LogP contribution >= 0.6 is 27.5 Å². The fourth-order valence-electron chi connectivity index (χ4n) is 1.77. The highest BCUT2D eigenvalue weighted by Crippen LogP contribution is 2.26. The number of hydrogen-bond acceptors (Lipinski definition) is 2. The maximum atomic E-state index is 13.6. The lowest BCUT2D eigenvalue weighted by Crippen LogP contribution is -2.14. The summed E-state index contributed by atoms with van der Waals surface area (Å²) in [5.74, 6) is -1.47. The summed E-state index contributed by atoms with van der Waals surface area (Å²) < 4.78 is 27.5. The number of nitrogens with one attached hydrogen (secondary N) is 1. The molecule has 2 nitrogen and oxygen atoms in total. The lowest BCUT2D eigenvalue weighted by molar-refractivity contribution is 0.191. The zero-order chi connectivity index (χ0) is 14.7. The Morgan fingerprint density at radius 3 is 2.40 bits per heavy atom. The summed E-state index contributed by atoms with van der Waals surface area (Å²) in [6.45, 7) is -0.0563. The first kappa shape index (κ1) is 15.2. The van der Waals surface area contributed by atoms with Crippen molar-refractivity contribution in [3.05, 3.63) is 63.1 Å². The highest BCUT2D eigenvalue weighted by Gasteiger charge is 2.14. The molecule has 0 amide bonds. The number of benzene rings is 2. The molecule has 2 rings (SSSR count). The summed E-state index contributed by atoms with van der Waals surface area (Å²) >= 11 is 8.94. The van der Waals surface area contributed by atoms with Gasteiger partial charge in [-0.2, -0.15) is 0 Å². The first-order valence-corrected chi connectivity index (χ1v) is 6.97. The average Bonchev–Trinajstić information content (AvgIpc) is 2.37. The normalized spacial score (nSPS) is 12.2. The summed E-state index contributed by atoms with van der Waals surface area (Å²) in [6, 6.07) is 9.05. The van der Waals surface area contributed by atoms with Gasteiger partial charge < -0.3 is 10.4 Å². The maximum Gasteiger partial charge on any atom is 0.150 e. The highest BCUT2D eigenvalue weighted by molar-refractivity contribution is 9.10. The molecule has 0 radical (unpaired) electrons. The third-order valence-electron chi connectivity index (χ3n) is 2.74. The Morgan fingerprint density at radius 1 is 1.20 bits per heavy atom. The number of anilines is 1. The Bertz CT molecular complexity index is 601. The molecule has 0 aliphatic rings. The summed E-state index contributed by atoms with van der Waals surface area (Å²) in [6.07, 6.45) is -0.967. The summed E-state index contributed by atoms with van der Waals surface area (Å²) in [5, 5.41) is 13.0. The summed E-state index contributed by atoms with van der Waals surface area (Å²) in [4.78, 5) is 0. The van der Waals surface area contributed by atoms with Crippen molar-refractivity contribution in [1.29, 1.82) is 0 Å². The van der Waals surface area contributed by atoms with Crippen LogP contribution in [0.1, 0.15) is 11.7 Å². The van der Waals surface area contributed by atoms with Crippen LogP contribution in [-0.4, -0.2) is 11.7 Å². The fraction of sp³-hybridized carbons (Fsp3) is 0.143. The molecular weight excluding hydrogens is 352 g/mol. The lowest BCUT2D eigenvalue weighted by atomic mass is 10.1. The Morgan fingerprint density at radius 2 is 1.80 bits per heavy atom. The third-order valence-corrected chi connectivity index (χ3v) is 3.55. The van der Waals surface area contributed by atoms with Gasteiger partial charge in [-0.1, -0.05) is 45.7 Å². The smallest absolute Gasteiger partial charge is 0.150 e. The van der Waals surface area contributed by atoms with Crippen molar-refractivity contribution in [3.63, 3.8) is 0 Å². The van der Waals surface area contributed by atoms with Gasteiger partial charge in [-0.25, -0.2) is 8.78 Å². The van der Waals surface area contributed by atoms with Crippen molar-refractivity contribution in [1.82, 2.24) is 0 Å². The van der Waals surface area contributed by atoms with E-state index in [1.165, 1.54) is 0 Å². The van der Waals surface area contributed by atoms with Crippen molar-refractivity contribution in [2.75, 3.05) is 11.9 Å². The van der Waals surface area contributed by atoms with Gasteiger partial charge in [0, 0.05) is 21.6 Å². The molecule has 1 atom stereocenters. The van der Waals surface area contributed by atoms with Crippen molar-refractivity contribution in [2.45, 2.75) is 6.10 Å². The topological polar surface area (TPSA) is 32.3 Å². The second-order valence-corrected chi connectivity index (χ2v) is 5.49. The van der Waals surface area contributed by atoms with Crippen LogP contribution < -0.4 is 5.32 Å². The minimum absolute atomic E-state index is 0.0563. The van der Waals surface area contributed by atoms with E-state index in [4.69, 9.17) is 11.6 Å². The van der Waals surface area contributed by atoms with Crippen LogP contribution in [0.15, 0.2) is 40.9 Å². The first-order chi connectivity index (χ1) is 9.49. The molecule has 2 aromatic carbocycles. The van der Waals surface area contributed by atoms with Gasteiger partial charge >= 0.3 is 0 Å². The highest BCUT2D eigenvalue weighted by atomic mass is 79.9. The van der Waals surface area contributed by atoms with Crippen LogP contribution in [0.4, 0.5) is 14.5 Å². The van der Waals surface area contributed by atoms with Crippen molar-refractivity contribution in [3.8, 4) is 0 Å². The van der Waals surface area contributed by atoms with E-state index in [1.54, 1.807) is 24.3 Å². The van der Waals surface area contributed by atoms with E-state index < -0.39 is 17.7 Å². The Hall–Kier alpha value is -1.17. The first-order valence-electron chi connectivity index (χ1n) is 5.80. The van der Waals surface area contributed by atoms with Crippen molar-refractivity contribution >= 4 is 33.2 Å². The molecule has 0 saturated carbocycles. The molecule has 0 fully saturated rings. The quantitative estimate of drug-likeness (QED) is 0.838. The van der Waals surface area contributed by atoms with E-state index in [1.807, 2.05) is 0 Å². The molecule has 0 aliphatic carbocycles. The van der Waals surface area contributed by atoms with Crippen LogP contribution in [0.5, 0.6) is 0 Å². The molecule has 0 aromatic heterocycles. The van der Waals surface area contributed by atoms with Crippen LogP contribution in [0.25, 0.3) is 0 Å². The number of rotatable bonds is 4. The SMILES string of the molecule is OC(CNc1c(F)cc(Br)cc1F)c1ccccc1Cl. The van der Waals surface area contributed by atoms with Gasteiger partial charge in [-0.3, -0.25) is 0 Å². The minimum Gasteiger partial charge on any atom is -0.387 e. The van der Waals surface area contributed by atoms with E-state index in [0.717, 1.165) is 12.1 Å². The van der Waals surface area contributed by atoms with E-state index in [2.05, 4.69) is 21.2 Å². The van der Waals surface area contributed by atoms with Gasteiger partial charge in [-0.05, 0) is 18.2 Å². The van der Waals surface area contributed by atoms with E-state index in [0.29, 0.717) is 15.1 Å². The Kier molecular flexibility index (Phi) is 4.96. The van der Waals surface area contributed by atoms with Gasteiger partial charge in [0.15, 0.2) is 0 Å². The van der Waals surface area contributed by atoms with Crippen molar-refractivity contribution in [2.24, 2.45) is 0 Å². The molecule has 0 saturated heterocycles. The molecule has 0 bridgehead atoms. The molecule has 0 heterocycles. The zero-order valence-corrected chi connectivity index (χ0v) is 12.5. The summed E-state index contributed by atoms with van der Waals surface area (Å²) in [7, 11) is 0. The van der Waals surface area contributed by atoms with Crippen LogP contribution in [0.3, 0.4) is 0 Å². The lowest BCUT2D eigenvalue weighted by Gasteiger charge is -2.15. The minimum atomic E-state index is -0.967. The number of aliphatic hydroxyl groups is 1. The molecule has 1 unspecified atom stereocenters. The van der Waals surface area contributed by atoms with Crippen molar-refractivity contribution < 1.29 is 13.9 Å². The molecule has 0 aliphatic heterocycles. The van der Waals surface area contributed by atoms with E-state index >= 15 is 0 Å². The largest absolute Gasteiger partial charge is 0.387 e. The molecule has 6 heteroatoms. The fourth-order valence-corrected chi connectivity index (χ4v) is 2.43. The number of aliphatic hydroxyl groups excluding tert-OH is 1. The molecular formula is C14H11BrClF2NO. The van der Waals surface area contributed by atoms with Crippen LogP contribution in [-0.2, 0) is 0 Å². The second-order valence-electron chi connectivity index (χ2n) is 4.16. The predicted molar refractivity (Wildman–Crippen MR) is 79.0 cm³/mol. The Labute approximate surface area is 128 Å². The van der Waals surface area contributed by atoms with E-state index in [-0.39, 0.29) is 12.2 Å². The Balaban J connectivity index is 2.12. The molecule has 0 spiro atoms. The molecule has 2 aromatic rings. The summed E-state index contributed by atoms with van der Waals surface area (Å²) in [5.41, 5.74) is 0.221. The van der Waals surface area contributed by atoms with Gasteiger partial charge in [0.1, 0.15) is 17.3 Å². The van der Waals surface area contributed by atoms with Gasteiger partial charge in [0.25, 0.3) is 0 Å². The van der Waals surface area contributed by atoms with Gasteiger partial charge in [0.05, 0.1) is 6.10 Å². The molecule has 20 heavy (non-hydrogen) atoms. The third kappa shape index (κ3) is 3.48. The monoisotopic (exact) mass is 361 g/mol. The van der Waals surface area contributed by atoms with Crippen LogP contribution in [0, 0.1) is 11.6 Å². The molecule has 2 N–H and O–H groups in total.